The number of hydrogen-bond donors (Lipinski definition) is 2. The van der Waals surface area contributed by atoms with E-state index >= 15 is 0 Å². The lowest BCUT2D eigenvalue weighted by atomic mass is 9.51. The highest BCUT2D eigenvalue weighted by molar-refractivity contribution is 6.31. The van der Waals surface area contributed by atoms with E-state index < -0.39 is 52.6 Å². The normalized spacial score (nSPS) is 31.1. The molecule has 3 aromatic rings. The van der Waals surface area contributed by atoms with Crippen LogP contribution in [0.5, 0.6) is 5.75 Å². The van der Waals surface area contributed by atoms with Crippen molar-refractivity contribution in [3.8, 4) is 5.75 Å². The second-order valence-electron chi connectivity index (χ2n) is 11.3. The van der Waals surface area contributed by atoms with Crippen molar-refractivity contribution in [1.29, 1.82) is 0 Å². The van der Waals surface area contributed by atoms with Crippen LogP contribution >= 0.6 is 11.6 Å². The Morgan fingerprint density at radius 2 is 1.80 bits per heavy atom. The van der Waals surface area contributed by atoms with Crippen molar-refractivity contribution < 1.29 is 28.7 Å². The van der Waals surface area contributed by atoms with Crippen LogP contribution in [0.4, 0.5) is 10.1 Å². The third-order valence-electron chi connectivity index (χ3n) is 9.52. The van der Waals surface area contributed by atoms with Crippen LogP contribution in [0.25, 0.3) is 10.8 Å². The lowest BCUT2D eigenvalue weighted by Gasteiger charge is -2.49. The van der Waals surface area contributed by atoms with E-state index in [1.165, 1.54) is 12.1 Å². The number of halogens is 2. The summed E-state index contributed by atoms with van der Waals surface area (Å²) in [6.07, 6.45) is 2.42. The highest BCUT2D eigenvalue weighted by Crippen LogP contribution is 2.64. The van der Waals surface area contributed by atoms with Gasteiger partial charge < -0.3 is 5.11 Å². The summed E-state index contributed by atoms with van der Waals surface area (Å²) in [6, 6.07) is 14.6. The second kappa shape index (κ2) is 8.48. The van der Waals surface area contributed by atoms with E-state index in [1.54, 1.807) is 19.1 Å². The maximum atomic E-state index is 14.4. The van der Waals surface area contributed by atoms with Gasteiger partial charge in [0.25, 0.3) is 0 Å². The molecule has 2 heterocycles. The molecule has 3 aromatic carbocycles. The highest BCUT2D eigenvalue weighted by Gasteiger charge is 2.67. The van der Waals surface area contributed by atoms with E-state index in [0.717, 1.165) is 27.3 Å². The standard InChI is InChI=1S/C31H24ClFN2O5/c1-31-20(29(39)35(30(31)40)15-7-10-22(33)21(32)12-15)13-19-17(8-9-18-24(19)28(38)34-27(18)37)26(31)25-16-5-3-2-4-14(16)6-11-23(25)36/h2-8,10-12,18-20,24,26,36H,9,13H2,1H3,(H,34,37,38). The lowest BCUT2D eigenvalue weighted by Crippen LogP contribution is -2.48. The number of imide groups is 2. The van der Waals surface area contributed by atoms with Gasteiger partial charge in [0.2, 0.25) is 23.6 Å². The summed E-state index contributed by atoms with van der Waals surface area (Å²) in [6.45, 7) is 1.73. The van der Waals surface area contributed by atoms with Crippen molar-refractivity contribution in [2.24, 2.45) is 29.1 Å². The number of carbonyl (C=O) groups is 4. The zero-order chi connectivity index (χ0) is 28.1. The van der Waals surface area contributed by atoms with Gasteiger partial charge in [-0.3, -0.25) is 24.5 Å². The Balaban J connectivity index is 1.48. The molecule has 2 aliphatic heterocycles. The van der Waals surface area contributed by atoms with Crippen LogP contribution in [0, 0.1) is 34.9 Å². The number of allylic oxidation sites excluding steroid dienone is 2. The number of hydrogen-bond acceptors (Lipinski definition) is 5. The number of nitrogens with zero attached hydrogens (tertiary/aromatic N) is 1. The van der Waals surface area contributed by atoms with Gasteiger partial charge in [-0.05, 0) is 60.7 Å². The number of phenols is 1. The maximum Gasteiger partial charge on any atom is 0.241 e. The molecule has 6 atom stereocenters. The third kappa shape index (κ3) is 3.17. The van der Waals surface area contributed by atoms with E-state index in [1.807, 2.05) is 30.3 Å². The van der Waals surface area contributed by atoms with Gasteiger partial charge in [0.15, 0.2) is 0 Å². The van der Waals surface area contributed by atoms with Gasteiger partial charge in [-0.15, -0.1) is 0 Å². The Labute approximate surface area is 233 Å². The molecular formula is C31H24ClFN2O5. The summed E-state index contributed by atoms with van der Waals surface area (Å²) in [5.74, 6) is -5.72. The number of benzene rings is 3. The van der Waals surface area contributed by atoms with E-state index in [2.05, 4.69) is 5.32 Å². The predicted molar refractivity (Wildman–Crippen MR) is 145 cm³/mol. The molecule has 2 saturated heterocycles. The minimum absolute atomic E-state index is 0.0252. The number of carbonyl (C=O) groups excluding carboxylic acids is 4. The van der Waals surface area contributed by atoms with Crippen LogP contribution < -0.4 is 10.2 Å². The maximum absolute atomic E-state index is 14.4. The van der Waals surface area contributed by atoms with Crippen molar-refractivity contribution >= 4 is 51.7 Å². The summed E-state index contributed by atoms with van der Waals surface area (Å²) in [7, 11) is 0. The van der Waals surface area contributed by atoms with Crippen molar-refractivity contribution in [2.75, 3.05) is 4.90 Å². The quantitative estimate of drug-likeness (QED) is 0.345. The first-order chi connectivity index (χ1) is 19.1. The van der Waals surface area contributed by atoms with Crippen molar-refractivity contribution in [1.82, 2.24) is 5.32 Å². The van der Waals surface area contributed by atoms with Gasteiger partial charge in [0, 0.05) is 11.5 Å². The van der Waals surface area contributed by atoms with Gasteiger partial charge in [-0.25, -0.2) is 9.29 Å². The Morgan fingerprint density at radius 1 is 1.02 bits per heavy atom. The number of fused-ring (bicyclic) bond motifs is 5. The number of rotatable bonds is 2. The molecule has 1 saturated carbocycles. The second-order valence-corrected chi connectivity index (χ2v) is 11.7. The molecule has 9 heteroatoms. The molecule has 0 bridgehead atoms. The first kappa shape index (κ1) is 25.0. The van der Waals surface area contributed by atoms with Gasteiger partial charge >= 0.3 is 0 Å². The number of anilines is 1. The van der Waals surface area contributed by atoms with Crippen molar-refractivity contribution in [3.63, 3.8) is 0 Å². The average Bonchev–Trinajstić information content (AvgIpc) is 3.33. The van der Waals surface area contributed by atoms with E-state index in [-0.39, 0.29) is 34.7 Å². The SMILES string of the molecule is CC12C(=O)N(c3ccc(F)c(Cl)c3)C(=O)C1CC1C(=CCC3C(=O)NC(=O)C31)C2c1c(O)ccc2ccccc12. The predicted octanol–water partition coefficient (Wildman–Crippen LogP) is 4.86. The summed E-state index contributed by atoms with van der Waals surface area (Å²) in [5.41, 5.74) is 0.0939. The summed E-state index contributed by atoms with van der Waals surface area (Å²) in [5, 5.41) is 15.1. The minimum Gasteiger partial charge on any atom is -0.508 e. The van der Waals surface area contributed by atoms with E-state index in [0.29, 0.717) is 12.0 Å². The fraction of sp³-hybridized carbons (Fsp3) is 0.290. The molecular weight excluding hydrogens is 535 g/mol. The Hall–Kier alpha value is -4.04. The van der Waals surface area contributed by atoms with Crippen LogP contribution in [0.2, 0.25) is 5.02 Å². The number of amides is 4. The van der Waals surface area contributed by atoms with Crippen molar-refractivity contribution in [3.05, 3.63) is 82.6 Å². The largest absolute Gasteiger partial charge is 0.508 e. The number of aromatic hydroxyl groups is 1. The van der Waals surface area contributed by atoms with Crippen molar-refractivity contribution in [2.45, 2.75) is 25.7 Å². The smallest absolute Gasteiger partial charge is 0.241 e. The number of phenolic OH excluding ortho intramolecular Hbond substituents is 1. The highest BCUT2D eigenvalue weighted by atomic mass is 35.5. The van der Waals surface area contributed by atoms with Crippen LogP contribution in [-0.4, -0.2) is 28.7 Å². The molecule has 6 unspecified atom stereocenters. The topological polar surface area (TPSA) is 104 Å². The van der Waals surface area contributed by atoms with Gasteiger partial charge in [0.1, 0.15) is 11.6 Å². The monoisotopic (exact) mass is 558 g/mol. The zero-order valence-electron chi connectivity index (χ0n) is 21.4. The molecule has 0 aromatic heterocycles. The molecule has 0 spiro atoms. The first-order valence-corrected chi connectivity index (χ1v) is 13.6. The van der Waals surface area contributed by atoms with E-state index in [9.17, 15) is 28.7 Å². The van der Waals surface area contributed by atoms with Crippen LogP contribution in [-0.2, 0) is 19.2 Å². The molecule has 4 amide bonds. The Bertz CT molecular complexity index is 1720. The van der Waals surface area contributed by atoms with Gasteiger partial charge in [-0.2, -0.15) is 0 Å². The fourth-order valence-corrected chi connectivity index (χ4v) is 7.87. The summed E-state index contributed by atoms with van der Waals surface area (Å²) < 4.78 is 14.0. The lowest BCUT2D eigenvalue weighted by molar-refractivity contribution is -0.131. The zero-order valence-corrected chi connectivity index (χ0v) is 22.1. The molecule has 7 rings (SSSR count). The summed E-state index contributed by atoms with van der Waals surface area (Å²) in [4.78, 5) is 55.3. The molecule has 2 aliphatic carbocycles. The first-order valence-electron chi connectivity index (χ1n) is 13.2. The molecule has 3 fully saturated rings. The molecule has 2 N–H and O–H groups in total. The molecule has 7 nitrogen and oxygen atoms in total. The average molecular weight is 559 g/mol. The fourth-order valence-electron chi connectivity index (χ4n) is 7.69. The summed E-state index contributed by atoms with van der Waals surface area (Å²) >= 11 is 6.03. The van der Waals surface area contributed by atoms with Crippen LogP contribution in [0.1, 0.15) is 31.2 Å². The minimum atomic E-state index is -1.34. The van der Waals surface area contributed by atoms with Gasteiger partial charge in [0.05, 0.1) is 33.9 Å². The van der Waals surface area contributed by atoms with Crippen LogP contribution in [0.3, 0.4) is 0 Å². The Morgan fingerprint density at radius 3 is 2.58 bits per heavy atom. The van der Waals surface area contributed by atoms with E-state index in [4.69, 9.17) is 11.6 Å². The molecule has 0 radical (unpaired) electrons. The molecule has 4 aliphatic rings. The third-order valence-corrected chi connectivity index (χ3v) is 9.80. The molecule has 202 valence electrons. The number of nitrogens with one attached hydrogen (secondary N) is 1. The van der Waals surface area contributed by atoms with Gasteiger partial charge in [-0.1, -0.05) is 53.6 Å². The Kier molecular flexibility index (Phi) is 5.29. The molecule has 40 heavy (non-hydrogen) atoms. The van der Waals surface area contributed by atoms with Crippen LogP contribution in [0.15, 0.2) is 66.2 Å².